The Labute approximate surface area is 197 Å². The second-order valence-electron chi connectivity index (χ2n) is 8.83. The average molecular weight is 476 g/mol. The zero-order valence-electron chi connectivity index (χ0n) is 19.6. The summed E-state index contributed by atoms with van der Waals surface area (Å²) in [4.78, 5) is 25.1. The molecule has 1 amide bonds. The molecule has 182 valence electrons. The fourth-order valence-corrected chi connectivity index (χ4v) is 3.32. The first-order valence-corrected chi connectivity index (χ1v) is 10.7. The summed E-state index contributed by atoms with van der Waals surface area (Å²) < 4.78 is 45.7. The molecule has 2 aromatic rings. The molecule has 9 heteroatoms. The molecule has 0 saturated carbocycles. The second kappa shape index (κ2) is 11.1. The van der Waals surface area contributed by atoms with Crippen molar-refractivity contribution in [3.05, 3.63) is 59.2 Å². The van der Waals surface area contributed by atoms with Crippen molar-refractivity contribution >= 4 is 23.3 Å². The van der Waals surface area contributed by atoms with Crippen LogP contribution in [0.1, 0.15) is 50.8 Å². The van der Waals surface area contributed by atoms with Gasteiger partial charge < -0.3 is 15.0 Å². The molecule has 0 aliphatic carbocycles. The molecule has 0 aliphatic heterocycles. The number of alkyl halides is 3. The number of nitriles is 1. The fourth-order valence-electron chi connectivity index (χ4n) is 3.32. The van der Waals surface area contributed by atoms with Crippen molar-refractivity contribution in [2.75, 3.05) is 23.3 Å². The van der Waals surface area contributed by atoms with Crippen LogP contribution in [-0.4, -0.2) is 30.6 Å². The van der Waals surface area contributed by atoms with Gasteiger partial charge in [-0.3, -0.25) is 9.59 Å². The second-order valence-corrected chi connectivity index (χ2v) is 8.83. The molecular formula is C25H28F3N3O3. The van der Waals surface area contributed by atoms with Gasteiger partial charge in [-0.15, -0.1) is 0 Å². The third kappa shape index (κ3) is 8.43. The van der Waals surface area contributed by atoms with E-state index in [9.17, 15) is 22.8 Å². The lowest BCUT2D eigenvalue weighted by molar-refractivity contribution is -0.153. The zero-order chi connectivity index (χ0) is 25.5. The lowest BCUT2D eigenvalue weighted by atomic mass is 10.1. The maximum Gasteiger partial charge on any atom is 0.417 e. The average Bonchev–Trinajstić information content (AvgIpc) is 2.71. The van der Waals surface area contributed by atoms with Crippen LogP contribution < -0.4 is 10.2 Å². The summed E-state index contributed by atoms with van der Waals surface area (Å²) in [6.45, 7) is 6.61. The number of halogens is 3. The van der Waals surface area contributed by atoms with Crippen LogP contribution in [0.15, 0.2) is 42.5 Å². The highest BCUT2D eigenvalue weighted by molar-refractivity contribution is 5.88. The van der Waals surface area contributed by atoms with Crippen molar-refractivity contribution in [3.8, 4) is 6.07 Å². The predicted octanol–water partition coefficient (Wildman–Crippen LogP) is 5.32. The van der Waals surface area contributed by atoms with E-state index in [0.29, 0.717) is 18.5 Å². The number of nitrogens with one attached hydrogen (secondary N) is 1. The van der Waals surface area contributed by atoms with Crippen molar-refractivity contribution < 1.29 is 27.5 Å². The van der Waals surface area contributed by atoms with Crippen molar-refractivity contribution in [3.63, 3.8) is 0 Å². The van der Waals surface area contributed by atoms with Crippen LogP contribution in [0.25, 0.3) is 0 Å². The minimum Gasteiger partial charge on any atom is -0.459 e. The van der Waals surface area contributed by atoms with Gasteiger partial charge in [-0.2, -0.15) is 18.4 Å². The molecule has 0 heterocycles. The molecule has 0 unspecified atom stereocenters. The minimum absolute atomic E-state index is 0.175. The third-order valence-corrected chi connectivity index (χ3v) is 4.70. The Morgan fingerprint density at radius 2 is 1.74 bits per heavy atom. The molecule has 0 bridgehead atoms. The van der Waals surface area contributed by atoms with E-state index in [1.165, 1.54) is 17.9 Å². The standard InChI is InChI=1S/C25H28F3N3O3/c1-17(32)30-20-10-7-18(8-11-20)6-5-13-31(16-23(33)34-24(2,3)4)21-12-9-19(15-29)22(14-21)25(26,27)28/h7-12,14H,5-6,13,16H2,1-4H3,(H,30,32). The highest BCUT2D eigenvalue weighted by atomic mass is 19.4. The molecule has 0 aromatic heterocycles. The van der Waals surface area contributed by atoms with Gasteiger partial charge in [-0.05, 0) is 69.5 Å². The molecule has 34 heavy (non-hydrogen) atoms. The van der Waals surface area contributed by atoms with Gasteiger partial charge in [-0.25, -0.2) is 0 Å². The summed E-state index contributed by atoms with van der Waals surface area (Å²) in [5, 5.41) is 11.7. The smallest absolute Gasteiger partial charge is 0.417 e. The predicted molar refractivity (Wildman–Crippen MR) is 123 cm³/mol. The lowest BCUT2D eigenvalue weighted by Crippen LogP contribution is -2.36. The van der Waals surface area contributed by atoms with Gasteiger partial charge in [0.25, 0.3) is 0 Å². The van der Waals surface area contributed by atoms with E-state index in [1.807, 2.05) is 12.1 Å². The van der Waals surface area contributed by atoms with Gasteiger partial charge in [-0.1, -0.05) is 12.1 Å². The van der Waals surface area contributed by atoms with Crippen molar-refractivity contribution in [2.24, 2.45) is 0 Å². The Morgan fingerprint density at radius 1 is 1.09 bits per heavy atom. The number of amides is 1. The van der Waals surface area contributed by atoms with E-state index in [2.05, 4.69) is 5.32 Å². The summed E-state index contributed by atoms with van der Waals surface area (Å²) in [6.07, 6.45) is -3.55. The van der Waals surface area contributed by atoms with Crippen molar-refractivity contribution in [2.45, 2.75) is 52.3 Å². The van der Waals surface area contributed by atoms with Crippen LogP contribution in [0.3, 0.4) is 0 Å². The number of carbonyl (C=O) groups is 2. The molecule has 2 rings (SSSR count). The first-order valence-electron chi connectivity index (χ1n) is 10.7. The largest absolute Gasteiger partial charge is 0.459 e. The first-order chi connectivity index (χ1) is 15.8. The molecule has 0 radical (unpaired) electrons. The highest BCUT2D eigenvalue weighted by Crippen LogP contribution is 2.34. The Morgan fingerprint density at radius 3 is 2.26 bits per heavy atom. The number of hydrogen-bond donors (Lipinski definition) is 1. The molecule has 0 fully saturated rings. The Balaban J connectivity index is 2.21. The molecule has 0 spiro atoms. The topological polar surface area (TPSA) is 82.4 Å². The van der Waals surface area contributed by atoms with E-state index >= 15 is 0 Å². The Bertz CT molecular complexity index is 1050. The number of aryl methyl sites for hydroxylation is 1. The van der Waals surface area contributed by atoms with E-state index in [-0.39, 0.29) is 24.7 Å². The molecule has 0 atom stereocenters. The molecule has 6 nitrogen and oxygen atoms in total. The molecular weight excluding hydrogens is 447 g/mol. The van der Waals surface area contributed by atoms with Crippen LogP contribution in [0.4, 0.5) is 24.5 Å². The van der Waals surface area contributed by atoms with Crippen LogP contribution in [0, 0.1) is 11.3 Å². The quantitative estimate of drug-likeness (QED) is 0.523. The van der Waals surface area contributed by atoms with Crippen LogP contribution >= 0.6 is 0 Å². The number of carbonyl (C=O) groups excluding carboxylic acids is 2. The summed E-state index contributed by atoms with van der Waals surface area (Å²) >= 11 is 0. The van der Waals surface area contributed by atoms with Crippen molar-refractivity contribution in [1.29, 1.82) is 5.26 Å². The van der Waals surface area contributed by atoms with E-state index < -0.39 is 28.9 Å². The number of hydrogen-bond acceptors (Lipinski definition) is 5. The zero-order valence-corrected chi connectivity index (χ0v) is 19.6. The van der Waals surface area contributed by atoms with E-state index in [1.54, 1.807) is 39.0 Å². The Hall–Kier alpha value is -3.54. The van der Waals surface area contributed by atoms with Gasteiger partial charge in [0.05, 0.1) is 17.2 Å². The van der Waals surface area contributed by atoms with Crippen LogP contribution in [0.2, 0.25) is 0 Å². The van der Waals surface area contributed by atoms with E-state index in [4.69, 9.17) is 10.00 Å². The highest BCUT2D eigenvalue weighted by Gasteiger charge is 2.34. The summed E-state index contributed by atoms with van der Waals surface area (Å²) in [5.41, 5.74) is -0.441. The molecule has 0 saturated heterocycles. The maximum absolute atomic E-state index is 13.5. The van der Waals surface area contributed by atoms with Gasteiger partial charge in [0.15, 0.2) is 0 Å². The van der Waals surface area contributed by atoms with Gasteiger partial charge in [0, 0.05) is 24.8 Å². The number of benzene rings is 2. The lowest BCUT2D eigenvalue weighted by Gasteiger charge is -2.27. The van der Waals surface area contributed by atoms with E-state index in [0.717, 1.165) is 17.7 Å². The number of nitrogens with zero attached hydrogens (tertiary/aromatic N) is 2. The number of anilines is 2. The number of ether oxygens (including phenoxy) is 1. The number of rotatable bonds is 8. The maximum atomic E-state index is 13.5. The molecule has 1 N–H and O–H groups in total. The molecule has 0 aliphatic rings. The van der Waals surface area contributed by atoms with Crippen LogP contribution in [0.5, 0.6) is 0 Å². The Kier molecular flexibility index (Phi) is 8.68. The summed E-state index contributed by atoms with van der Waals surface area (Å²) in [6, 6.07) is 12.2. The first kappa shape index (κ1) is 26.7. The molecule has 2 aromatic carbocycles. The summed E-state index contributed by atoms with van der Waals surface area (Å²) in [5.74, 6) is -0.740. The normalized spacial score (nSPS) is 11.5. The number of esters is 1. The minimum atomic E-state index is -4.70. The van der Waals surface area contributed by atoms with Crippen molar-refractivity contribution in [1.82, 2.24) is 0 Å². The third-order valence-electron chi connectivity index (χ3n) is 4.70. The van der Waals surface area contributed by atoms with Crippen LogP contribution in [-0.2, 0) is 26.9 Å². The van der Waals surface area contributed by atoms with Gasteiger partial charge in [0.2, 0.25) is 5.91 Å². The van der Waals surface area contributed by atoms with Gasteiger partial charge >= 0.3 is 12.1 Å². The fraction of sp³-hybridized carbons (Fsp3) is 0.400. The summed E-state index contributed by atoms with van der Waals surface area (Å²) in [7, 11) is 0. The van der Waals surface area contributed by atoms with Gasteiger partial charge in [0.1, 0.15) is 12.1 Å². The SMILES string of the molecule is CC(=O)Nc1ccc(CCCN(CC(=O)OC(C)(C)C)c2ccc(C#N)c(C(F)(F)F)c2)cc1. The monoisotopic (exact) mass is 475 g/mol.